The summed E-state index contributed by atoms with van der Waals surface area (Å²) in [6, 6.07) is 15.2. The van der Waals surface area contributed by atoms with Crippen molar-refractivity contribution in [2.45, 2.75) is 24.0 Å². The number of carbonyl (C=O) groups excluding carboxylic acids is 3. The molecule has 0 aromatic heterocycles. The Hall–Kier alpha value is -3.20. The van der Waals surface area contributed by atoms with Gasteiger partial charge in [0, 0.05) is 11.8 Å². The third-order valence-electron chi connectivity index (χ3n) is 6.15. The summed E-state index contributed by atoms with van der Waals surface area (Å²) in [5, 5.41) is -1.74. The van der Waals surface area contributed by atoms with Crippen LogP contribution in [0.3, 0.4) is 0 Å². The first kappa shape index (κ1) is 21.0. The molecule has 2 fully saturated rings. The van der Waals surface area contributed by atoms with E-state index in [0.29, 0.717) is 11.1 Å². The first-order chi connectivity index (χ1) is 14.7. The molecule has 4 atom stereocenters. The average Bonchev–Trinajstić information content (AvgIpc) is 3.05. The summed E-state index contributed by atoms with van der Waals surface area (Å²) in [5.41, 5.74) is 1.89. The SMILES string of the molecule is COC(=O)[C@H]1[C@H](c2ccc(C)cc2)C2(C(=O)NOC2=O)[C@H](c2ccccc2)CS1(=O)=O. The second kappa shape index (κ2) is 7.49. The maximum absolute atomic E-state index is 13.4. The van der Waals surface area contributed by atoms with Crippen LogP contribution in [0.4, 0.5) is 0 Å². The summed E-state index contributed by atoms with van der Waals surface area (Å²) in [5.74, 6) is -5.69. The van der Waals surface area contributed by atoms with Crippen LogP contribution in [0.5, 0.6) is 0 Å². The Kier molecular flexibility index (Phi) is 5.09. The molecule has 162 valence electrons. The van der Waals surface area contributed by atoms with Crippen molar-refractivity contribution in [2.24, 2.45) is 5.41 Å². The van der Waals surface area contributed by atoms with Gasteiger partial charge in [-0.25, -0.2) is 13.2 Å². The third-order valence-corrected chi connectivity index (χ3v) is 8.19. The lowest BCUT2D eigenvalue weighted by Crippen LogP contribution is -2.60. The molecule has 1 unspecified atom stereocenters. The molecule has 9 heteroatoms. The van der Waals surface area contributed by atoms with E-state index in [1.54, 1.807) is 54.6 Å². The smallest absolute Gasteiger partial charge is 0.349 e. The van der Waals surface area contributed by atoms with Gasteiger partial charge in [0.25, 0.3) is 5.91 Å². The topological polar surface area (TPSA) is 116 Å². The van der Waals surface area contributed by atoms with E-state index in [1.807, 2.05) is 6.92 Å². The number of ether oxygens (including phenoxy) is 1. The number of aryl methyl sites for hydroxylation is 1. The minimum atomic E-state index is -4.11. The van der Waals surface area contributed by atoms with E-state index in [9.17, 15) is 22.8 Å². The van der Waals surface area contributed by atoms with Crippen molar-refractivity contribution in [1.29, 1.82) is 0 Å². The maximum atomic E-state index is 13.4. The first-order valence-corrected chi connectivity index (χ1v) is 11.4. The Morgan fingerprint density at radius 3 is 2.26 bits per heavy atom. The van der Waals surface area contributed by atoms with Gasteiger partial charge in [0.05, 0.1) is 12.9 Å². The molecular formula is C22H21NO7S. The second-order valence-corrected chi connectivity index (χ2v) is 9.98. The van der Waals surface area contributed by atoms with Gasteiger partial charge < -0.3 is 9.57 Å². The maximum Gasteiger partial charge on any atom is 0.349 e. The zero-order chi connectivity index (χ0) is 22.4. The van der Waals surface area contributed by atoms with Crippen LogP contribution >= 0.6 is 0 Å². The fourth-order valence-electron chi connectivity index (χ4n) is 4.71. The molecule has 0 bridgehead atoms. The van der Waals surface area contributed by atoms with Crippen LogP contribution in [0.1, 0.15) is 28.5 Å². The number of sulfone groups is 1. The van der Waals surface area contributed by atoms with Gasteiger partial charge >= 0.3 is 11.9 Å². The molecule has 0 radical (unpaired) electrons. The number of nitrogens with one attached hydrogen (secondary N) is 1. The fraction of sp³-hybridized carbons (Fsp3) is 0.318. The molecule has 31 heavy (non-hydrogen) atoms. The van der Waals surface area contributed by atoms with E-state index in [4.69, 9.17) is 9.57 Å². The normalized spacial score (nSPS) is 29.3. The Morgan fingerprint density at radius 1 is 1.06 bits per heavy atom. The van der Waals surface area contributed by atoms with Gasteiger partial charge in [0.2, 0.25) is 0 Å². The summed E-state index contributed by atoms with van der Waals surface area (Å²) in [6.45, 7) is 1.85. The first-order valence-electron chi connectivity index (χ1n) is 9.66. The fourth-order valence-corrected chi connectivity index (χ4v) is 7.01. The summed E-state index contributed by atoms with van der Waals surface area (Å²) in [4.78, 5) is 44.1. The molecule has 2 saturated heterocycles. The van der Waals surface area contributed by atoms with Crippen LogP contribution in [0.25, 0.3) is 0 Å². The van der Waals surface area contributed by atoms with Gasteiger partial charge in [-0.2, -0.15) is 5.48 Å². The van der Waals surface area contributed by atoms with Crippen LogP contribution in [-0.4, -0.2) is 44.4 Å². The lowest BCUT2D eigenvalue weighted by molar-refractivity contribution is -0.153. The van der Waals surface area contributed by atoms with Crippen LogP contribution in [0.2, 0.25) is 0 Å². The number of rotatable bonds is 3. The number of benzene rings is 2. The van der Waals surface area contributed by atoms with Crippen LogP contribution < -0.4 is 5.48 Å². The minimum Gasteiger partial charge on any atom is -0.468 e. The van der Waals surface area contributed by atoms with Crippen molar-refractivity contribution in [3.63, 3.8) is 0 Å². The zero-order valence-corrected chi connectivity index (χ0v) is 17.7. The van der Waals surface area contributed by atoms with Gasteiger partial charge in [-0.05, 0) is 18.1 Å². The highest BCUT2D eigenvalue weighted by atomic mass is 32.2. The molecule has 2 heterocycles. The van der Waals surface area contributed by atoms with E-state index in [2.05, 4.69) is 5.48 Å². The van der Waals surface area contributed by atoms with Crippen molar-refractivity contribution in [3.05, 3.63) is 71.3 Å². The van der Waals surface area contributed by atoms with E-state index >= 15 is 0 Å². The highest BCUT2D eigenvalue weighted by Gasteiger charge is 2.71. The van der Waals surface area contributed by atoms with Gasteiger partial charge in [-0.1, -0.05) is 60.2 Å². The molecule has 0 saturated carbocycles. The largest absolute Gasteiger partial charge is 0.468 e. The lowest BCUT2D eigenvalue weighted by Gasteiger charge is -2.45. The zero-order valence-electron chi connectivity index (χ0n) is 16.9. The Morgan fingerprint density at radius 2 is 1.71 bits per heavy atom. The second-order valence-electron chi connectivity index (χ2n) is 7.81. The van der Waals surface area contributed by atoms with Crippen molar-refractivity contribution in [1.82, 2.24) is 5.48 Å². The summed E-state index contributed by atoms with van der Waals surface area (Å²) < 4.78 is 31.6. The van der Waals surface area contributed by atoms with Gasteiger partial charge in [0.15, 0.2) is 20.5 Å². The molecule has 0 aliphatic carbocycles. The average molecular weight is 443 g/mol. The Labute approximate surface area is 179 Å². The van der Waals surface area contributed by atoms with Crippen LogP contribution in [0.15, 0.2) is 54.6 Å². The standard InChI is InChI=1S/C22H21NO7S/c1-13-8-10-15(11-9-13)17-18(19(24)29-2)31(27,28)12-16(14-6-4-3-5-7-14)22(17)20(25)23-30-21(22)26/h3-11,16-18H,12H2,1-2H3,(H,23,25)/t16-,17-,18+,22?/m0/s1. The summed E-state index contributed by atoms with van der Waals surface area (Å²) in [7, 11) is -3.04. The predicted molar refractivity (Wildman–Crippen MR) is 109 cm³/mol. The predicted octanol–water partition coefficient (Wildman–Crippen LogP) is 1.41. The molecule has 1 N–H and O–H groups in total. The Bertz CT molecular complexity index is 1130. The minimum absolute atomic E-state index is 0.360. The van der Waals surface area contributed by atoms with Crippen LogP contribution in [0, 0.1) is 12.3 Å². The number of hydrogen-bond acceptors (Lipinski definition) is 7. The van der Waals surface area contributed by atoms with Crippen molar-refractivity contribution >= 4 is 27.7 Å². The van der Waals surface area contributed by atoms with E-state index in [-0.39, 0.29) is 0 Å². The van der Waals surface area contributed by atoms with Crippen molar-refractivity contribution in [3.8, 4) is 0 Å². The third kappa shape index (κ3) is 3.11. The number of hydrogen-bond donors (Lipinski definition) is 1. The highest BCUT2D eigenvalue weighted by molar-refractivity contribution is 7.92. The molecule has 1 amide bonds. The lowest BCUT2D eigenvalue weighted by atomic mass is 9.61. The van der Waals surface area contributed by atoms with Crippen molar-refractivity contribution < 1.29 is 32.4 Å². The number of esters is 1. The molecule has 2 aliphatic rings. The van der Waals surface area contributed by atoms with E-state index < -0.39 is 55.9 Å². The molecule has 2 aliphatic heterocycles. The van der Waals surface area contributed by atoms with Crippen LogP contribution in [-0.2, 0) is 33.8 Å². The number of carbonyl (C=O) groups is 3. The van der Waals surface area contributed by atoms with Gasteiger partial charge in [0.1, 0.15) is 0 Å². The summed E-state index contributed by atoms with van der Waals surface area (Å²) in [6.07, 6.45) is 0. The van der Waals surface area contributed by atoms with Crippen molar-refractivity contribution in [2.75, 3.05) is 12.9 Å². The quantitative estimate of drug-likeness (QED) is 0.563. The Balaban J connectivity index is 2.06. The molecule has 1 spiro atoms. The molecular weight excluding hydrogens is 422 g/mol. The molecule has 4 rings (SSSR count). The van der Waals surface area contributed by atoms with E-state index in [0.717, 1.165) is 12.7 Å². The molecule has 2 aromatic rings. The number of hydroxylamine groups is 1. The van der Waals surface area contributed by atoms with E-state index in [1.165, 1.54) is 0 Å². The van der Waals surface area contributed by atoms with Gasteiger partial charge in [-0.3, -0.25) is 9.59 Å². The van der Waals surface area contributed by atoms with Gasteiger partial charge in [-0.15, -0.1) is 0 Å². The number of methoxy groups -OCH3 is 1. The molecule has 8 nitrogen and oxygen atoms in total. The molecule has 2 aromatic carbocycles. The number of amides is 1. The highest BCUT2D eigenvalue weighted by Crippen LogP contribution is 2.57. The monoisotopic (exact) mass is 443 g/mol. The summed E-state index contributed by atoms with van der Waals surface area (Å²) >= 11 is 0.